The van der Waals surface area contributed by atoms with Crippen molar-refractivity contribution in [3.8, 4) is 39.9 Å². The molecule has 10 nitrogen and oxygen atoms in total. The molecule has 0 bridgehead atoms. The van der Waals surface area contributed by atoms with E-state index in [1.807, 2.05) is 72.8 Å². The zero-order valence-corrected chi connectivity index (χ0v) is 30.4. The number of hydrogen-bond acceptors (Lipinski definition) is 10. The van der Waals surface area contributed by atoms with Crippen molar-refractivity contribution in [2.24, 2.45) is 0 Å². The minimum absolute atomic E-state index is 0.100. The van der Waals surface area contributed by atoms with E-state index < -0.39 is 60.4 Å². The van der Waals surface area contributed by atoms with Crippen LogP contribution in [0.4, 0.5) is 0 Å². The van der Waals surface area contributed by atoms with Gasteiger partial charge in [-0.3, -0.25) is 0 Å². The van der Waals surface area contributed by atoms with Gasteiger partial charge in [0.05, 0.1) is 19.1 Å². The minimum atomic E-state index is -0.495. The van der Waals surface area contributed by atoms with Crippen LogP contribution in [0.5, 0.6) is 5.75 Å². The molecular formula is C42H25BCl3N6O4. The van der Waals surface area contributed by atoms with Gasteiger partial charge in [-0.2, -0.15) is 24.9 Å². The Bertz CT molecular complexity index is 3470. The van der Waals surface area contributed by atoms with Crippen molar-refractivity contribution >= 4 is 86.4 Å². The summed E-state index contributed by atoms with van der Waals surface area (Å²) in [4.78, 5) is 23.7. The van der Waals surface area contributed by atoms with E-state index in [-0.39, 0.29) is 44.5 Å². The fraction of sp³-hybridized carbons (Fsp3) is 0. The molecule has 0 aliphatic rings. The van der Waals surface area contributed by atoms with Crippen LogP contribution in [-0.2, 0) is 0 Å². The first-order valence-electron chi connectivity index (χ1n) is 21.2. The Morgan fingerprint density at radius 2 is 0.964 bits per heavy atom. The van der Waals surface area contributed by atoms with Crippen LogP contribution in [0.3, 0.4) is 0 Å². The van der Waals surface area contributed by atoms with Gasteiger partial charge < -0.3 is 18.5 Å². The van der Waals surface area contributed by atoms with E-state index in [2.05, 4.69) is 29.9 Å². The highest BCUT2D eigenvalue weighted by molar-refractivity contribution is 6.31. The Kier molecular flexibility index (Phi) is 7.82. The quantitative estimate of drug-likeness (QED) is 0.168. The van der Waals surface area contributed by atoms with E-state index in [9.17, 15) is 0 Å². The molecule has 0 aliphatic carbocycles. The van der Waals surface area contributed by atoms with Gasteiger partial charge in [0.15, 0.2) is 17.5 Å². The molecule has 0 spiro atoms. The molecule has 1 radical (unpaired) electrons. The fourth-order valence-corrected chi connectivity index (χ4v) is 6.13. The Balaban J connectivity index is 0.000000145. The third-order valence-corrected chi connectivity index (χ3v) is 8.33. The molecular weight excluding hydrogens is 770 g/mol. The zero-order chi connectivity index (χ0) is 47.1. The van der Waals surface area contributed by atoms with Crippen molar-refractivity contribution < 1.29 is 32.2 Å². The lowest BCUT2D eigenvalue weighted by molar-refractivity contribution is 0.456. The lowest BCUT2D eigenvalue weighted by Crippen LogP contribution is -1.99. The lowest BCUT2D eigenvalue weighted by Gasteiger charge is -2.06. The summed E-state index contributed by atoms with van der Waals surface area (Å²) in [7, 11) is 0.677. The van der Waals surface area contributed by atoms with Crippen molar-refractivity contribution in [2.75, 3.05) is 0 Å². The van der Waals surface area contributed by atoms with Gasteiger partial charge in [0.2, 0.25) is 15.9 Å². The topological polar surface area (TPSA) is 133 Å². The largest absolute Gasteiger partial charge is 0.569 e. The van der Waals surface area contributed by atoms with Gasteiger partial charge in [-0.15, -0.1) is 0 Å². The summed E-state index contributed by atoms with van der Waals surface area (Å²) >= 11 is 17.4. The maximum absolute atomic E-state index is 8.71. The molecule has 4 heterocycles. The van der Waals surface area contributed by atoms with Crippen LogP contribution in [0, 0.1) is 0 Å². The SMILES string of the molecule is O[B]Oc1cccc2oc3ccccc3c12.[2H]c1c([2H])c([2H])c(-c2nc(Cl)nc(-c3cccc4oc5ccccc5c34)n2)c([2H])c1[2H].[2H]c1c([2H])c([2H])c(-c2nc(Cl)nc(Cl)n2)c([2H])c1[2H]. The maximum atomic E-state index is 8.71. The van der Waals surface area contributed by atoms with Crippen LogP contribution in [0.15, 0.2) is 154 Å². The smallest absolute Gasteiger partial charge is 0.537 e. The maximum Gasteiger partial charge on any atom is 0.569 e. The average molecular weight is 805 g/mol. The van der Waals surface area contributed by atoms with Crippen molar-refractivity contribution in [3.63, 3.8) is 0 Å². The van der Waals surface area contributed by atoms with Crippen LogP contribution in [-0.4, -0.2) is 42.6 Å². The van der Waals surface area contributed by atoms with E-state index in [4.69, 9.17) is 67.0 Å². The zero-order valence-electron chi connectivity index (χ0n) is 38.1. The molecule has 0 saturated heterocycles. The normalized spacial score (nSPS) is 13.4. The monoisotopic (exact) mass is 803 g/mol. The van der Waals surface area contributed by atoms with Crippen LogP contribution in [0.25, 0.3) is 78.0 Å². The molecule has 0 saturated carbocycles. The number of fused-ring (bicyclic) bond motifs is 6. The average Bonchev–Trinajstić information content (AvgIpc) is 3.88. The first-order chi connectivity index (χ1) is 31.6. The van der Waals surface area contributed by atoms with E-state index in [1.165, 1.54) is 0 Å². The van der Waals surface area contributed by atoms with Gasteiger partial charge in [-0.1, -0.05) is 115 Å². The van der Waals surface area contributed by atoms with Crippen molar-refractivity contribution in [3.05, 3.63) is 161 Å². The van der Waals surface area contributed by atoms with Gasteiger partial charge in [0, 0.05) is 32.8 Å². The molecule has 271 valence electrons. The van der Waals surface area contributed by atoms with Crippen molar-refractivity contribution in [1.29, 1.82) is 0 Å². The molecule has 14 heteroatoms. The highest BCUT2D eigenvalue weighted by atomic mass is 35.5. The number of halogens is 3. The lowest BCUT2D eigenvalue weighted by atomic mass is 10.1. The molecule has 0 fully saturated rings. The molecule has 0 atom stereocenters. The molecule has 4 aromatic heterocycles. The Morgan fingerprint density at radius 3 is 1.55 bits per heavy atom. The summed E-state index contributed by atoms with van der Waals surface area (Å²) in [6.07, 6.45) is 0. The number of aromatic nitrogens is 6. The second-order valence-corrected chi connectivity index (χ2v) is 12.2. The predicted molar refractivity (Wildman–Crippen MR) is 221 cm³/mol. The van der Waals surface area contributed by atoms with E-state index >= 15 is 0 Å². The number of furan rings is 2. The number of benzene rings is 6. The van der Waals surface area contributed by atoms with Crippen LogP contribution < -0.4 is 4.65 Å². The second-order valence-electron chi connectivity index (χ2n) is 11.2. The van der Waals surface area contributed by atoms with Gasteiger partial charge in [-0.25, -0.2) is 4.98 Å². The molecule has 0 amide bonds. The van der Waals surface area contributed by atoms with E-state index in [0.717, 1.165) is 32.7 Å². The van der Waals surface area contributed by atoms with Crippen LogP contribution in [0.1, 0.15) is 13.7 Å². The molecule has 10 aromatic rings. The third-order valence-electron chi connectivity index (χ3n) is 7.82. The fourth-order valence-electron chi connectivity index (χ4n) is 5.60. The minimum Gasteiger partial charge on any atom is -0.537 e. The molecule has 0 unspecified atom stereocenters. The third kappa shape index (κ3) is 7.88. The summed E-state index contributed by atoms with van der Waals surface area (Å²) in [5.41, 5.74) is 3.22. The van der Waals surface area contributed by atoms with Crippen LogP contribution in [0.2, 0.25) is 15.9 Å². The summed E-state index contributed by atoms with van der Waals surface area (Å²) in [5, 5.41) is 11.6. The van der Waals surface area contributed by atoms with Gasteiger partial charge in [0.25, 0.3) is 0 Å². The van der Waals surface area contributed by atoms with Gasteiger partial charge in [-0.05, 0) is 65.1 Å². The molecule has 0 aliphatic heterocycles. The number of para-hydroxylation sites is 2. The summed E-state index contributed by atoms with van der Waals surface area (Å²) in [6.45, 7) is 0. The Morgan fingerprint density at radius 1 is 0.500 bits per heavy atom. The Hall–Kier alpha value is -6.37. The summed E-state index contributed by atoms with van der Waals surface area (Å²) in [5.74, 6) is 0.530. The first-order valence-corrected chi connectivity index (χ1v) is 17.3. The predicted octanol–water partition coefficient (Wildman–Crippen LogP) is 11.1. The summed E-state index contributed by atoms with van der Waals surface area (Å²) in [6, 6.07) is 21.6. The van der Waals surface area contributed by atoms with Crippen LogP contribution >= 0.6 is 34.8 Å². The number of nitrogens with zero attached hydrogens (tertiary/aromatic N) is 6. The molecule has 56 heavy (non-hydrogen) atoms. The Labute approximate surface area is 348 Å². The molecule has 10 rings (SSSR count). The van der Waals surface area contributed by atoms with E-state index in [0.29, 0.717) is 30.2 Å². The van der Waals surface area contributed by atoms with Crippen molar-refractivity contribution in [1.82, 2.24) is 29.9 Å². The number of rotatable bonds is 5. The number of hydrogen-bond donors (Lipinski definition) is 1. The van der Waals surface area contributed by atoms with Gasteiger partial charge in [0.1, 0.15) is 28.1 Å². The standard InChI is InChI=1S/C21H12ClN3O.C12H8BO3.C9H5Cl2N3/c22-21-24-19(13-7-2-1-3-8-13)23-20(25-21)15-10-6-12-17-18(15)14-9-4-5-11-16(14)26-17;14-13-16-11-7-3-6-10-12(11)8-4-1-2-5-9(8)15-10;10-8-12-7(13-9(11)14-8)6-4-2-1-3-5-6/h1-12H;1-7,14H;1-5H/i1D,2D,3D,7D,8D;;1D,2D,3D,4D,5D. The van der Waals surface area contributed by atoms with E-state index in [1.54, 1.807) is 12.1 Å². The first kappa shape index (κ1) is 26.4. The van der Waals surface area contributed by atoms with Gasteiger partial charge >= 0.3 is 7.69 Å². The summed E-state index contributed by atoms with van der Waals surface area (Å²) < 4.78 is 94.7. The molecule has 1 N–H and O–H groups in total. The molecule has 6 aromatic carbocycles. The van der Waals surface area contributed by atoms with Crippen molar-refractivity contribution in [2.45, 2.75) is 0 Å². The second kappa shape index (κ2) is 16.6. The highest BCUT2D eigenvalue weighted by Crippen LogP contribution is 2.37. The highest BCUT2D eigenvalue weighted by Gasteiger charge is 2.16.